The van der Waals surface area contributed by atoms with E-state index in [1.54, 1.807) is 13.0 Å². The summed E-state index contributed by atoms with van der Waals surface area (Å²) in [7, 11) is 0. The highest BCUT2D eigenvalue weighted by atomic mass is 16.6. The fourth-order valence-corrected chi connectivity index (χ4v) is 8.17. The zero-order valence-corrected chi connectivity index (χ0v) is 21.6. The van der Waals surface area contributed by atoms with Crippen LogP contribution in [0.15, 0.2) is 11.6 Å². The molecule has 0 amide bonds. The number of allylic oxidation sites excluding steroid dienone is 1. The van der Waals surface area contributed by atoms with Crippen molar-refractivity contribution < 1.29 is 33.8 Å². The number of esters is 2. The minimum atomic E-state index is -1.41. The Morgan fingerprint density at radius 1 is 1.09 bits per heavy atom. The summed E-state index contributed by atoms with van der Waals surface area (Å²) in [5.41, 5.74) is -1.25. The number of aliphatic hydroxyl groups excluding tert-OH is 1. The number of carbonyl (C=O) groups excluding carboxylic acids is 4. The van der Waals surface area contributed by atoms with E-state index in [2.05, 4.69) is 6.92 Å². The maximum Gasteiger partial charge on any atom is 0.306 e. The van der Waals surface area contributed by atoms with E-state index in [9.17, 15) is 24.3 Å². The molecule has 7 nitrogen and oxygen atoms in total. The lowest BCUT2D eigenvalue weighted by Gasteiger charge is -2.60. The Balaban J connectivity index is 1.70. The van der Waals surface area contributed by atoms with Crippen LogP contribution in [0.5, 0.6) is 0 Å². The van der Waals surface area contributed by atoms with Crippen LogP contribution in [0.3, 0.4) is 0 Å². The first kappa shape index (κ1) is 26.1. The van der Waals surface area contributed by atoms with E-state index in [4.69, 9.17) is 9.47 Å². The molecule has 4 aliphatic rings. The summed E-state index contributed by atoms with van der Waals surface area (Å²) in [6.45, 7) is 7.30. The van der Waals surface area contributed by atoms with Crippen molar-refractivity contribution in [2.45, 2.75) is 104 Å². The number of rotatable bonds is 7. The van der Waals surface area contributed by atoms with Gasteiger partial charge in [0.05, 0.1) is 6.10 Å². The van der Waals surface area contributed by atoms with Crippen LogP contribution in [0, 0.1) is 28.6 Å². The molecule has 35 heavy (non-hydrogen) atoms. The van der Waals surface area contributed by atoms with Crippen molar-refractivity contribution in [1.29, 1.82) is 0 Å². The quantitative estimate of drug-likeness (QED) is 0.538. The molecule has 0 aliphatic heterocycles. The van der Waals surface area contributed by atoms with Gasteiger partial charge in [0.15, 0.2) is 18.0 Å². The largest absolute Gasteiger partial charge is 0.457 e. The fourth-order valence-electron chi connectivity index (χ4n) is 8.17. The molecule has 3 fully saturated rings. The van der Waals surface area contributed by atoms with Crippen LogP contribution in [0.2, 0.25) is 0 Å². The van der Waals surface area contributed by atoms with E-state index in [-0.39, 0.29) is 47.6 Å². The molecule has 0 bridgehead atoms. The highest BCUT2D eigenvalue weighted by molar-refractivity contribution is 5.93. The Morgan fingerprint density at radius 2 is 1.83 bits per heavy atom. The monoisotopic (exact) mass is 488 g/mol. The third-order valence-corrected chi connectivity index (χ3v) is 9.86. The standard InChI is InChI=1S/C28H40O7/c1-5-7-24(33)35-28(22(31)16-34-23(32)6-2)13-11-20-19-9-8-17-14-18(29)10-12-26(17,3)25(19)21(30)15-27(20,28)4/h14,19-21,25,30H,5-13,15-16H2,1-4H3/t19-,20-,21-,25+,26-,27-,28+/m0/s1. The minimum Gasteiger partial charge on any atom is -0.457 e. The first-order valence-electron chi connectivity index (χ1n) is 13.3. The van der Waals surface area contributed by atoms with Crippen LogP contribution in [0.4, 0.5) is 0 Å². The van der Waals surface area contributed by atoms with Crippen LogP contribution in [-0.4, -0.2) is 46.9 Å². The lowest BCUT2D eigenvalue weighted by Crippen LogP contribution is -2.63. The van der Waals surface area contributed by atoms with Gasteiger partial charge in [-0.05, 0) is 74.2 Å². The Hall–Kier alpha value is -2.02. The fraction of sp³-hybridized carbons (Fsp3) is 0.786. The molecule has 0 aromatic rings. The van der Waals surface area contributed by atoms with Crippen molar-refractivity contribution in [2.24, 2.45) is 28.6 Å². The summed E-state index contributed by atoms with van der Waals surface area (Å²) in [6, 6.07) is 0. The molecule has 0 heterocycles. The van der Waals surface area contributed by atoms with Gasteiger partial charge in [-0.2, -0.15) is 0 Å². The topological polar surface area (TPSA) is 107 Å². The molecular formula is C28H40O7. The summed E-state index contributed by atoms with van der Waals surface area (Å²) in [6.07, 6.45) is 6.41. The van der Waals surface area contributed by atoms with Gasteiger partial charge in [-0.3, -0.25) is 19.2 Å². The second-order valence-corrected chi connectivity index (χ2v) is 11.6. The zero-order chi connectivity index (χ0) is 25.6. The predicted molar refractivity (Wildman–Crippen MR) is 128 cm³/mol. The lowest BCUT2D eigenvalue weighted by molar-refractivity contribution is -0.203. The molecule has 0 unspecified atom stereocenters. The summed E-state index contributed by atoms with van der Waals surface area (Å²) in [5, 5.41) is 11.6. The van der Waals surface area contributed by atoms with Gasteiger partial charge in [0.2, 0.25) is 5.78 Å². The van der Waals surface area contributed by atoms with Gasteiger partial charge in [-0.15, -0.1) is 0 Å². The number of aliphatic hydroxyl groups is 1. The highest BCUT2D eigenvalue weighted by Crippen LogP contribution is 2.68. The molecule has 7 heteroatoms. The van der Waals surface area contributed by atoms with Crippen LogP contribution in [0.1, 0.15) is 91.9 Å². The molecule has 194 valence electrons. The normalized spacial score (nSPS) is 40.1. The smallest absolute Gasteiger partial charge is 0.306 e. The van der Waals surface area contributed by atoms with Gasteiger partial charge < -0.3 is 14.6 Å². The molecule has 3 saturated carbocycles. The average molecular weight is 489 g/mol. The second-order valence-electron chi connectivity index (χ2n) is 11.6. The average Bonchev–Trinajstić information content (AvgIpc) is 3.09. The Morgan fingerprint density at radius 3 is 2.51 bits per heavy atom. The van der Waals surface area contributed by atoms with E-state index in [0.29, 0.717) is 32.1 Å². The van der Waals surface area contributed by atoms with Gasteiger partial charge in [-0.25, -0.2) is 0 Å². The maximum atomic E-state index is 13.7. The molecule has 0 aromatic heterocycles. The van der Waals surface area contributed by atoms with Crippen LogP contribution >= 0.6 is 0 Å². The number of hydrogen-bond acceptors (Lipinski definition) is 7. The first-order chi connectivity index (χ1) is 16.5. The third kappa shape index (κ3) is 4.08. The van der Waals surface area contributed by atoms with Gasteiger partial charge >= 0.3 is 11.9 Å². The first-order valence-corrected chi connectivity index (χ1v) is 13.3. The SMILES string of the molecule is CCCC(=O)O[C@@]1(C(=O)COC(=O)CC)CC[C@H]2[C@@H]3CCC4=CC(=O)CC[C@]4(C)[C@H]3[C@@H](O)C[C@@]21C. The van der Waals surface area contributed by atoms with Crippen molar-refractivity contribution in [3.63, 3.8) is 0 Å². The van der Waals surface area contributed by atoms with Crippen molar-refractivity contribution in [3.05, 3.63) is 11.6 Å². The summed E-state index contributed by atoms with van der Waals surface area (Å²) in [5.74, 6) is -0.852. The Kier molecular flexibility index (Phi) is 7.04. The summed E-state index contributed by atoms with van der Waals surface area (Å²) in [4.78, 5) is 50.4. The number of fused-ring (bicyclic) bond motifs is 5. The van der Waals surface area contributed by atoms with Crippen molar-refractivity contribution in [1.82, 2.24) is 0 Å². The molecule has 0 spiro atoms. The van der Waals surface area contributed by atoms with E-state index in [1.807, 2.05) is 13.8 Å². The van der Waals surface area contributed by atoms with Crippen LogP contribution in [-0.2, 0) is 28.7 Å². The summed E-state index contributed by atoms with van der Waals surface area (Å²) < 4.78 is 11.3. The highest BCUT2D eigenvalue weighted by Gasteiger charge is 2.70. The second kappa shape index (κ2) is 9.45. The number of hydrogen-bond donors (Lipinski definition) is 1. The third-order valence-electron chi connectivity index (χ3n) is 9.86. The van der Waals surface area contributed by atoms with E-state index >= 15 is 0 Å². The Bertz CT molecular complexity index is 938. The maximum absolute atomic E-state index is 13.7. The van der Waals surface area contributed by atoms with Gasteiger partial charge in [0.1, 0.15) is 0 Å². The molecule has 0 radical (unpaired) electrons. The minimum absolute atomic E-state index is 0.00356. The molecule has 0 saturated heterocycles. The van der Waals surface area contributed by atoms with Crippen LogP contribution in [0.25, 0.3) is 0 Å². The number of ketones is 2. The van der Waals surface area contributed by atoms with Crippen molar-refractivity contribution in [3.8, 4) is 0 Å². The number of Topliss-reactive ketones (excluding diaryl/α,β-unsaturated/α-hetero) is 1. The molecule has 7 atom stereocenters. The van der Waals surface area contributed by atoms with Crippen molar-refractivity contribution >= 4 is 23.5 Å². The molecule has 0 aromatic carbocycles. The van der Waals surface area contributed by atoms with E-state index < -0.39 is 35.7 Å². The molecular weight excluding hydrogens is 448 g/mol. The number of carbonyl (C=O) groups is 4. The molecule has 1 N–H and O–H groups in total. The molecule has 4 aliphatic carbocycles. The van der Waals surface area contributed by atoms with Crippen LogP contribution < -0.4 is 0 Å². The summed E-state index contributed by atoms with van der Waals surface area (Å²) >= 11 is 0. The Labute approximate surface area is 208 Å². The van der Waals surface area contributed by atoms with Crippen molar-refractivity contribution in [2.75, 3.05) is 6.61 Å². The van der Waals surface area contributed by atoms with Gasteiger partial charge in [-0.1, -0.05) is 33.3 Å². The van der Waals surface area contributed by atoms with Gasteiger partial charge in [0.25, 0.3) is 0 Å². The van der Waals surface area contributed by atoms with E-state index in [1.165, 1.54) is 0 Å². The zero-order valence-electron chi connectivity index (χ0n) is 21.6. The van der Waals surface area contributed by atoms with E-state index in [0.717, 1.165) is 24.8 Å². The lowest BCUT2D eigenvalue weighted by atomic mass is 9.45. The number of ether oxygens (including phenoxy) is 2. The van der Waals surface area contributed by atoms with Gasteiger partial charge in [0, 0.05) is 24.7 Å². The molecule has 4 rings (SSSR count). The predicted octanol–water partition coefficient (Wildman–Crippen LogP) is 4.09.